The van der Waals surface area contributed by atoms with Crippen LogP contribution in [-0.2, 0) is 19.8 Å². The lowest BCUT2D eigenvalue weighted by Gasteiger charge is -2.41. The number of pyridine rings is 1. The first kappa shape index (κ1) is 17.0. The van der Waals surface area contributed by atoms with Gasteiger partial charge in [-0.25, -0.2) is 4.79 Å². The number of ether oxygens (including phenoxy) is 4. The molecule has 0 N–H and O–H groups in total. The van der Waals surface area contributed by atoms with E-state index in [1.807, 2.05) is 26.8 Å². The van der Waals surface area contributed by atoms with Crippen LogP contribution in [0.15, 0.2) is 18.3 Å². The smallest absolute Gasteiger partial charge is 0.410 e. The Balaban J connectivity index is 1.79. The maximum atomic E-state index is 12.3. The molecule has 2 fully saturated rings. The molecule has 0 radical (unpaired) electrons. The molecule has 0 saturated carbocycles. The lowest BCUT2D eigenvalue weighted by atomic mass is 9.85. The molecule has 2 saturated heterocycles. The quantitative estimate of drug-likeness (QED) is 0.825. The van der Waals surface area contributed by atoms with Gasteiger partial charge in [-0.15, -0.1) is 0 Å². The van der Waals surface area contributed by atoms with Crippen molar-refractivity contribution < 1.29 is 23.7 Å². The molecule has 1 aromatic heterocycles. The normalized spacial score (nSPS) is 26.8. The minimum absolute atomic E-state index is 0.186. The van der Waals surface area contributed by atoms with Gasteiger partial charge in [0.15, 0.2) is 0 Å². The molecule has 2 aliphatic heterocycles. The number of hydrogen-bond donors (Lipinski definition) is 0. The molecule has 0 spiro atoms. The van der Waals surface area contributed by atoms with Crippen molar-refractivity contribution in [3.05, 3.63) is 24.0 Å². The van der Waals surface area contributed by atoms with Gasteiger partial charge in [-0.2, -0.15) is 0 Å². The van der Waals surface area contributed by atoms with E-state index in [0.29, 0.717) is 19.5 Å². The third kappa shape index (κ3) is 3.18. The second kappa shape index (κ2) is 6.22. The largest absolute Gasteiger partial charge is 0.497 e. The molecule has 132 valence electrons. The molecule has 24 heavy (non-hydrogen) atoms. The number of methoxy groups -OCH3 is 1. The minimum atomic E-state index is -0.646. The van der Waals surface area contributed by atoms with E-state index in [0.717, 1.165) is 11.4 Å². The summed E-state index contributed by atoms with van der Waals surface area (Å²) >= 11 is 0. The zero-order valence-electron chi connectivity index (χ0n) is 14.6. The van der Waals surface area contributed by atoms with Crippen LogP contribution < -0.4 is 4.74 Å². The van der Waals surface area contributed by atoms with Crippen LogP contribution >= 0.6 is 0 Å². The van der Waals surface area contributed by atoms with Crippen LogP contribution in [0.3, 0.4) is 0 Å². The topological polar surface area (TPSA) is 70.1 Å². The predicted molar refractivity (Wildman–Crippen MR) is 85.7 cm³/mol. The van der Waals surface area contributed by atoms with Gasteiger partial charge in [0.05, 0.1) is 19.3 Å². The average Bonchev–Trinajstić information content (AvgIpc) is 2.97. The van der Waals surface area contributed by atoms with Gasteiger partial charge >= 0.3 is 6.09 Å². The van der Waals surface area contributed by atoms with Gasteiger partial charge < -0.3 is 23.8 Å². The fraction of sp³-hybridized carbons (Fsp3) is 0.647. The maximum Gasteiger partial charge on any atom is 0.410 e. The van der Waals surface area contributed by atoms with Crippen molar-refractivity contribution in [1.29, 1.82) is 0 Å². The Morgan fingerprint density at radius 1 is 1.46 bits per heavy atom. The fourth-order valence-corrected chi connectivity index (χ4v) is 3.10. The van der Waals surface area contributed by atoms with E-state index < -0.39 is 11.2 Å². The van der Waals surface area contributed by atoms with Crippen LogP contribution in [0.2, 0.25) is 0 Å². The van der Waals surface area contributed by atoms with Crippen molar-refractivity contribution in [1.82, 2.24) is 9.88 Å². The summed E-state index contributed by atoms with van der Waals surface area (Å²) < 4.78 is 22.4. The van der Waals surface area contributed by atoms with Crippen LogP contribution in [-0.4, -0.2) is 54.7 Å². The number of hydrogen-bond acceptors (Lipinski definition) is 6. The summed E-state index contributed by atoms with van der Waals surface area (Å²) in [7, 11) is 1.62. The molecular formula is C17H24N2O5. The summed E-state index contributed by atoms with van der Waals surface area (Å²) in [6.07, 6.45) is 1.68. The Kier molecular flexibility index (Phi) is 4.40. The number of aromatic nitrogens is 1. The van der Waals surface area contributed by atoms with Gasteiger partial charge in [-0.1, -0.05) is 0 Å². The number of piperidine rings is 1. The summed E-state index contributed by atoms with van der Waals surface area (Å²) in [5.41, 5.74) is -0.395. The third-order valence-electron chi connectivity index (χ3n) is 4.30. The second-order valence-corrected chi connectivity index (χ2v) is 7.06. The molecule has 1 aromatic rings. The summed E-state index contributed by atoms with van der Waals surface area (Å²) in [5, 5.41) is 0. The molecule has 0 aliphatic carbocycles. The van der Waals surface area contributed by atoms with Crippen molar-refractivity contribution in [3.8, 4) is 5.75 Å². The Hall–Kier alpha value is -1.86. The van der Waals surface area contributed by atoms with Gasteiger partial charge in [0.2, 0.25) is 0 Å². The Labute approximate surface area is 141 Å². The third-order valence-corrected chi connectivity index (χ3v) is 4.30. The lowest BCUT2D eigenvalue weighted by Crippen LogP contribution is -2.54. The minimum Gasteiger partial charge on any atom is -0.497 e. The highest BCUT2D eigenvalue weighted by Crippen LogP contribution is 2.42. The van der Waals surface area contributed by atoms with E-state index in [4.69, 9.17) is 18.9 Å². The van der Waals surface area contributed by atoms with E-state index in [1.165, 1.54) is 0 Å². The highest BCUT2D eigenvalue weighted by atomic mass is 16.7. The van der Waals surface area contributed by atoms with Crippen molar-refractivity contribution >= 4 is 6.09 Å². The number of rotatable bonds is 2. The van der Waals surface area contributed by atoms with Crippen LogP contribution in [0.25, 0.3) is 0 Å². The molecule has 0 bridgehead atoms. The van der Waals surface area contributed by atoms with Crippen LogP contribution in [0.4, 0.5) is 4.79 Å². The van der Waals surface area contributed by atoms with E-state index in [2.05, 4.69) is 4.98 Å². The number of nitrogens with zero attached hydrogens (tertiary/aromatic N) is 2. The monoisotopic (exact) mass is 336 g/mol. The molecule has 7 nitrogen and oxygen atoms in total. The van der Waals surface area contributed by atoms with Crippen molar-refractivity contribution in [2.45, 2.75) is 44.5 Å². The molecule has 0 unspecified atom stereocenters. The van der Waals surface area contributed by atoms with E-state index >= 15 is 0 Å². The first-order valence-corrected chi connectivity index (χ1v) is 8.08. The van der Waals surface area contributed by atoms with Crippen LogP contribution in [0, 0.1) is 0 Å². The molecule has 2 atom stereocenters. The van der Waals surface area contributed by atoms with Crippen molar-refractivity contribution in [2.24, 2.45) is 0 Å². The number of fused-ring (bicyclic) bond motifs is 1. The molecule has 0 aromatic carbocycles. The highest BCUT2D eigenvalue weighted by Gasteiger charge is 2.52. The molecule has 2 aliphatic rings. The van der Waals surface area contributed by atoms with Gasteiger partial charge in [0.25, 0.3) is 0 Å². The number of carbonyl (C=O) groups is 1. The molecule has 1 amide bonds. The van der Waals surface area contributed by atoms with Gasteiger partial charge in [-0.3, -0.25) is 4.98 Å². The summed E-state index contributed by atoms with van der Waals surface area (Å²) in [5.74, 6) is 0.721. The van der Waals surface area contributed by atoms with Gasteiger partial charge in [0, 0.05) is 25.2 Å². The van der Waals surface area contributed by atoms with E-state index in [-0.39, 0.29) is 19.0 Å². The Morgan fingerprint density at radius 2 is 2.25 bits per heavy atom. The Bertz CT molecular complexity index is 615. The fourth-order valence-electron chi connectivity index (χ4n) is 3.10. The van der Waals surface area contributed by atoms with E-state index in [9.17, 15) is 4.79 Å². The zero-order valence-corrected chi connectivity index (χ0v) is 14.6. The number of carbonyl (C=O) groups excluding carboxylic acids is 1. The number of amides is 1. The van der Waals surface area contributed by atoms with Crippen molar-refractivity contribution in [3.63, 3.8) is 0 Å². The average molecular weight is 336 g/mol. The molecule has 3 rings (SSSR count). The van der Waals surface area contributed by atoms with Crippen LogP contribution in [0.1, 0.15) is 32.9 Å². The molecule has 3 heterocycles. The molecular weight excluding hydrogens is 312 g/mol. The van der Waals surface area contributed by atoms with E-state index in [1.54, 1.807) is 24.3 Å². The lowest BCUT2D eigenvalue weighted by molar-refractivity contribution is -0.0564. The standard InChI is InChI=1S/C17H24N2O5/c1-16(2,3)24-15(20)19-8-6-17(14(10-19)22-11-23-17)13-9-12(21-4)5-7-18-13/h5,7,9,14H,6,8,10-11H2,1-4H3/t14-,17-/m1/s1. The summed E-state index contributed by atoms with van der Waals surface area (Å²) in [4.78, 5) is 18.4. The van der Waals surface area contributed by atoms with Crippen LogP contribution in [0.5, 0.6) is 5.75 Å². The SMILES string of the molecule is COc1ccnc([C@]23CCN(C(=O)OC(C)(C)C)C[C@H]2OCO3)c1. The zero-order chi connectivity index (χ0) is 17.4. The first-order valence-electron chi connectivity index (χ1n) is 8.08. The summed E-state index contributed by atoms with van der Waals surface area (Å²) in [6, 6.07) is 3.66. The number of likely N-dealkylation sites (tertiary alicyclic amines) is 1. The van der Waals surface area contributed by atoms with Gasteiger partial charge in [0.1, 0.15) is 29.8 Å². The first-order chi connectivity index (χ1) is 11.3. The Morgan fingerprint density at radius 3 is 2.96 bits per heavy atom. The molecule has 7 heteroatoms. The van der Waals surface area contributed by atoms with Gasteiger partial charge in [-0.05, 0) is 26.8 Å². The predicted octanol–water partition coefficient (Wildman–Crippen LogP) is 2.30. The maximum absolute atomic E-state index is 12.3. The second-order valence-electron chi connectivity index (χ2n) is 7.06. The highest BCUT2D eigenvalue weighted by molar-refractivity contribution is 5.68. The summed E-state index contributed by atoms with van der Waals surface area (Å²) in [6.45, 7) is 6.69. The van der Waals surface area contributed by atoms with Crippen molar-refractivity contribution in [2.75, 3.05) is 27.0 Å².